The molecule has 0 amide bonds. The Kier molecular flexibility index (Phi) is 6.86. The van der Waals surface area contributed by atoms with Gasteiger partial charge in [0.05, 0.1) is 0 Å². The summed E-state index contributed by atoms with van der Waals surface area (Å²) in [7, 11) is -2.65. The molecule has 0 atom stereocenters. The highest BCUT2D eigenvalue weighted by atomic mass is 79.9. The fraction of sp³-hybridized carbons (Fsp3) is 1.00. The molecule has 0 rings (SSSR count). The number of alkyl halides is 1. The molecule has 0 aromatic carbocycles. The number of halogens is 1. The fourth-order valence-corrected chi connectivity index (χ4v) is 10.2. The van der Waals surface area contributed by atoms with E-state index in [0.29, 0.717) is 0 Å². The lowest BCUT2D eigenvalue weighted by Crippen LogP contribution is -2.42. The van der Waals surface area contributed by atoms with E-state index in [1.807, 2.05) is 0 Å². The first-order valence-electron chi connectivity index (χ1n) is 5.53. The van der Waals surface area contributed by atoms with E-state index in [4.69, 9.17) is 4.12 Å². The summed E-state index contributed by atoms with van der Waals surface area (Å²) < 4.78 is 6.27. The van der Waals surface area contributed by atoms with Gasteiger partial charge in [-0.15, -0.1) is 0 Å². The number of hydrogen-bond acceptors (Lipinski definition) is 1. The minimum absolute atomic E-state index is 1.14. The summed E-state index contributed by atoms with van der Waals surface area (Å²) in [4.78, 5) is 0. The minimum atomic E-state index is -1.34. The zero-order chi connectivity index (χ0) is 11.2. The van der Waals surface area contributed by atoms with Gasteiger partial charge in [0.25, 0.3) is 0 Å². The van der Waals surface area contributed by atoms with Gasteiger partial charge in [0.1, 0.15) is 0 Å². The van der Waals surface area contributed by atoms with Crippen molar-refractivity contribution in [3.8, 4) is 0 Å². The monoisotopic (exact) mass is 296 g/mol. The molecule has 0 unspecified atom stereocenters. The molecule has 0 spiro atoms. The zero-order valence-electron chi connectivity index (χ0n) is 10.3. The van der Waals surface area contributed by atoms with Crippen molar-refractivity contribution in [2.75, 3.05) is 5.33 Å². The lowest BCUT2D eigenvalue weighted by Gasteiger charge is -2.31. The summed E-state index contributed by atoms with van der Waals surface area (Å²) in [6, 6.07) is 1.32. The van der Waals surface area contributed by atoms with Gasteiger partial charge in [-0.2, -0.15) is 0 Å². The van der Waals surface area contributed by atoms with Gasteiger partial charge in [0.15, 0.2) is 16.6 Å². The van der Waals surface area contributed by atoms with Crippen molar-refractivity contribution in [2.45, 2.75) is 58.0 Å². The number of hydrogen-bond donors (Lipinski definition) is 0. The van der Waals surface area contributed by atoms with Crippen molar-refractivity contribution >= 4 is 32.6 Å². The topological polar surface area (TPSA) is 9.23 Å². The van der Waals surface area contributed by atoms with Gasteiger partial charge >= 0.3 is 0 Å². The van der Waals surface area contributed by atoms with Crippen molar-refractivity contribution in [2.24, 2.45) is 0 Å². The van der Waals surface area contributed by atoms with Crippen molar-refractivity contribution < 1.29 is 4.12 Å². The van der Waals surface area contributed by atoms with E-state index in [-0.39, 0.29) is 0 Å². The van der Waals surface area contributed by atoms with Crippen LogP contribution >= 0.6 is 15.9 Å². The predicted octanol–water partition coefficient (Wildman–Crippen LogP) is 4.61. The van der Waals surface area contributed by atoms with Crippen LogP contribution < -0.4 is 0 Å². The lowest BCUT2D eigenvalue weighted by atomic mass is 10.3. The largest absolute Gasteiger partial charge is 0.456 e. The zero-order valence-corrected chi connectivity index (χ0v) is 13.9. The molecular formula is C10H25BrOSi2. The fourth-order valence-electron chi connectivity index (χ4n) is 1.70. The molecule has 14 heavy (non-hydrogen) atoms. The average Bonchev–Trinajstić information content (AvgIpc) is 1.93. The van der Waals surface area contributed by atoms with Crippen LogP contribution in [0.15, 0.2) is 0 Å². The first-order valence-corrected chi connectivity index (χ1v) is 13.2. The number of unbranched alkanes of at least 4 members (excludes halogenated alkanes) is 2. The Morgan fingerprint density at radius 2 is 1.50 bits per heavy atom. The van der Waals surface area contributed by atoms with Crippen molar-refractivity contribution in [3.63, 3.8) is 0 Å². The van der Waals surface area contributed by atoms with Crippen LogP contribution in [0.3, 0.4) is 0 Å². The molecule has 0 saturated carbocycles. The second-order valence-corrected chi connectivity index (χ2v) is 15.3. The maximum Gasteiger partial charge on any atom is 0.173 e. The third-order valence-corrected chi connectivity index (χ3v) is 8.77. The molecule has 0 fully saturated rings. The van der Waals surface area contributed by atoms with E-state index in [2.05, 4.69) is 48.7 Å². The Morgan fingerprint density at radius 3 is 1.93 bits per heavy atom. The molecule has 0 radical (unpaired) electrons. The molecule has 0 bridgehead atoms. The molecule has 0 heterocycles. The third kappa shape index (κ3) is 9.43. The van der Waals surface area contributed by atoms with Gasteiger partial charge in [-0.3, -0.25) is 0 Å². The maximum absolute atomic E-state index is 6.27. The van der Waals surface area contributed by atoms with Gasteiger partial charge in [-0.25, -0.2) is 0 Å². The Morgan fingerprint density at radius 1 is 0.929 bits per heavy atom. The highest BCUT2D eigenvalue weighted by Gasteiger charge is 2.28. The third-order valence-electron chi connectivity index (χ3n) is 1.99. The molecule has 0 N–H and O–H groups in total. The molecule has 0 saturated heterocycles. The van der Waals surface area contributed by atoms with Crippen LogP contribution in [0.1, 0.15) is 19.3 Å². The van der Waals surface area contributed by atoms with E-state index in [1.165, 1.54) is 25.3 Å². The van der Waals surface area contributed by atoms with Crippen molar-refractivity contribution in [1.29, 1.82) is 0 Å². The molecular weight excluding hydrogens is 272 g/mol. The smallest absolute Gasteiger partial charge is 0.173 e. The second kappa shape index (κ2) is 6.45. The molecule has 0 aliphatic rings. The Labute approximate surface area is 100 Å². The molecule has 0 aromatic rings. The summed E-state index contributed by atoms with van der Waals surface area (Å²) in [6.45, 7) is 11.6. The van der Waals surface area contributed by atoms with Crippen LogP contribution in [0.2, 0.25) is 38.8 Å². The molecule has 4 heteroatoms. The first-order chi connectivity index (χ1) is 6.27. The first kappa shape index (κ1) is 14.9. The van der Waals surface area contributed by atoms with Crippen molar-refractivity contribution in [1.82, 2.24) is 0 Å². The van der Waals surface area contributed by atoms with E-state index in [0.717, 1.165) is 5.33 Å². The van der Waals surface area contributed by atoms with E-state index in [9.17, 15) is 0 Å². The van der Waals surface area contributed by atoms with E-state index < -0.39 is 16.6 Å². The lowest BCUT2D eigenvalue weighted by molar-refractivity contribution is 0.541. The molecule has 0 aliphatic heterocycles. The SMILES string of the molecule is C[Si](C)(C)O[Si](C)(C)CCCCCBr. The van der Waals surface area contributed by atoms with Gasteiger partial charge in [-0.05, 0) is 45.2 Å². The van der Waals surface area contributed by atoms with Crippen LogP contribution in [0.5, 0.6) is 0 Å². The second-order valence-electron chi connectivity index (χ2n) is 5.47. The Hall–Kier alpha value is 0.874. The summed E-state index contributed by atoms with van der Waals surface area (Å²) in [5.41, 5.74) is 0. The van der Waals surface area contributed by atoms with Gasteiger partial charge < -0.3 is 4.12 Å². The van der Waals surface area contributed by atoms with E-state index in [1.54, 1.807) is 0 Å². The van der Waals surface area contributed by atoms with Crippen LogP contribution in [0, 0.1) is 0 Å². The highest BCUT2D eigenvalue weighted by molar-refractivity contribution is 9.09. The van der Waals surface area contributed by atoms with Crippen LogP contribution in [-0.2, 0) is 4.12 Å². The van der Waals surface area contributed by atoms with Crippen LogP contribution in [0.4, 0.5) is 0 Å². The normalized spacial score (nSPS) is 13.3. The molecule has 86 valence electrons. The maximum atomic E-state index is 6.27. The highest BCUT2D eigenvalue weighted by Crippen LogP contribution is 2.21. The van der Waals surface area contributed by atoms with Crippen LogP contribution in [0.25, 0.3) is 0 Å². The standard InChI is InChI=1S/C10H25BrOSi2/c1-13(2,3)12-14(4,5)10-8-6-7-9-11/h6-10H2,1-5H3. The van der Waals surface area contributed by atoms with Gasteiger partial charge in [0.2, 0.25) is 0 Å². The summed E-state index contributed by atoms with van der Waals surface area (Å²) in [6.07, 6.45) is 3.99. The quantitative estimate of drug-likeness (QED) is 0.379. The van der Waals surface area contributed by atoms with Crippen LogP contribution in [-0.4, -0.2) is 22.0 Å². The summed E-state index contributed by atoms with van der Waals surface area (Å²) >= 11 is 3.47. The van der Waals surface area contributed by atoms with Gasteiger partial charge in [0, 0.05) is 5.33 Å². The van der Waals surface area contributed by atoms with Crippen molar-refractivity contribution in [3.05, 3.63) is 0 Å². The molecule has 1 nitrogen and oxygen atoms in total. The number of rotatable bonds is 7. The predicted molar refractivity (Wildman–Crippen MR) is 74.4 cm³/mol. The molecule has 0 aromatic heterocycles. The van der Waals surface area contributed by atoms with Gasteiger partial charge in [-0.1, -0.05) is 28.8 Å². The summed E-state index contributed by atoms with van der Waals surface area (Å²) in [5.74, 6) is 0. The average molecular weight is 297 g/mol. The Bertz CT molecular complexity index is 155. The molecule has 0 aliphatic carbocycles. The minimum Gasteiger partial charge on any atom is -0.456 e. The van der Waals surface area contributed by atoms with E-state index >= 15 is 0 Å². The Balaban J connectivity index is 3.72. The summed E-state index contributed by atoms with van der Waals surface area (Å²) in [5, 5.41) is 1.14.